The first-order chi connectivity index (χ1) is 16.4. The normalized spacial score (nSPS) is 16.5. The van der Waals surface area contributed by atoms with E-state index in [1.807, 2.05) is 37.3 Å². The Kier molecular flexibility index (Phi) is 6.94. The van der Waals surface area contributed by atoms with Gasteiger partial charge in [-0.3, -0.25) is 9.79 Å². The lowest BCUT2D eigenvalue weighted by Gasteiger charge is -2.24. The van der Waals surface area contributed by atoms with E-state index in [4.69, 9.17) is 16.3 Å². The molecule has 1 heterocycles. The van der Waals surface area contributed by atoms with Crippen LogP contribution in [0.4, 0.5) is 0 Å². The van der Waals surface area contributed by atoms with Crippen molar-refractivity contribution in [2.75, 3.05) is 6.61 Å². The monoisotopic (exact) mass is 473 g/mol. The first-order valence-electron chi connectivity index (χ1n) is 11.0. The Balaban J connectivity index is 1.63. The van der Waals surface area contributed by atoms with Gasteiger partial charge in [-0.05, 0) is 65.6 Å². The number of hydrogen-bond donors (Lipinski definition) is 1. The van der Waals surface area contributed by atoms with Gasteiger partial charge in [-0.2, -0.15) is 0 Å². The van der Waals surface area contributed by atoms with Crippen molar-refractivity contribution in [1.82, 2.24) is 0 Å². The van der Waals surface area contributed by atoms with Crippen molar-refractivity contribution in [2.24, 2.45) is 4.99 Å². The number of halogens is 1. The Morgan fingerprint density at radius 2 is 1.79 bits per heavy atom. The molecule has 0 saturated heterocycles. The minimum atomic E-state index is -1.10. The molecule has 0 saturated carbocycles. The largest absolute Gasteiger partial charge is 0.494 e. The summed E-state index contributed by atoms with van der Waals surface area (Å²) in [7, 11) is 0. The standard InChI is InChI=1S/C28H24ClNO4/c1-2-14-34-23-10-11-24(25(29)17-23)26(31)28(12-5-13-30-28)18-19-6-3-7-20(15-19)21-8-4-9-22(16-21)27(32)33/h3-13,15-17H,2,14,18H2,1H3,(H,32,33). The van der Waals surface area contributed by atoms with Gasteiger partial charge >= 0.3 is 5.97 Å². The maximum absolute atomic E-state index is 13.6. The van der Waals surface area contributed by atoms with Gasteiger partial charge in [0.15, 0.2) is 5.78 Å². The summed E-state index contributed by atoms with van der Waals surface area (Å²) in [5, 5.41) is 9.63. The van der Waals surface area contributed by atoms with Crippen LogP contribution in [0.2, 0.25) is 5.02 Å². The van der Waals surface area contributed by atoms with Crippen molar-refractivity contribution < 1.29 is 19.4 Å². The van der Waals surface area contributed by atoms with Gasteiger partial charge in [-0.1, -0.05) is 54.9 Å². The number of aromatic carboxylic acids is 1. The number of nitrogens with zero attached hydrogens (tertiary/aromatic N) is 1. The van der Waals surface area contributed by atoms with E-state index in [-0.39, 0.29) is 11.3 Å². The van der Waals surface area contributed by atoms with Crippen molar-refractivity contribution >= 4 is 29.6 Å². The van der Waals surface area contributed by atoms with Crippen LogP contribution in [0.3, 0.4) is 0 Å². The fraction of sp³-hybridized carbons (Fsp3) is 0.179. The number of benzene rings is 3. The van der Waals surface area contributed by atoms with E-state index in [1.165, 1.54) is 0 Å². The van der Waals surface area contributed by atoms with Gasteiger partial charge in [0.2, 0.25) is 0 Å². The summed E-state index contributed by atoms with van der Waals surface area (Å²) in [6, 6.07) is 19.6. The van der Waals surface area contributed by atoms with Crippen LogP contribution in [-0.4, -0.2) is 35.2 Å². The second kappa shape index (κ2) is 10.1. The molecule has 0 aliphatic carbocycles. The Labute approximate surface area is 203 Å². The number of carbonyl (C=O) groups excluding carboxylic acids is 1. The fourth-order valence-corrected chi connectivity index (χ4v) is 4.22. The summed E-state index contributed by atoms with van der Waals surface area (Å²) < 4.78 is 5.62. The number of allylic oxidation sites excluding steroid dienone is 1. The average Bonchev–Trinajstić information content (AvgIpc) is 3.32. The zero-order chi connectivity index (χ0) is 24.1. The van der Waals surface area contributed by atoms with Crippen LogP contribution < -0.4 is 4.74 Å². The first-order valence-corrected chi connectivity index (χ1v) is 11.4. The number of Topliss-reactive ketones (excluding diaryl/α,β-unsaturated/α-hetero) is 1. The van der Waals surface area contributed by atoms with Crippen molar-refractivity contribution in [3.63, 3.8) is 0 Å². The third-order valence-corrected chi connectivity index (χ3v) is 5.97. The lowest BCUT2D eigenvalue weighted by atomic mass is 9.84. The molecular weight excluding hydrogens is 450 g/mol. The number of carboxylic acids is 1. The minimum Gasteiger partial charge on any atom is -0.494 e. The molecule has 0 aromatic heterocycles. The van der Waals surface area contributed by atoms with Gasteiger partial charge in [0.25, 0.3) is 0 Å². The summed E-state index contributed by atoms with van der Waals surface area (Å²) in [6.07, 6.45) is 6.41. The van der Waals surface area contributed by atoms with E-state index in [1.54, 1.807) is 54.8 Å². The second-order valence-corrected chi connectivity index (χ2v) is 8.55. The zero-order valence-electron chi connectivity index (χ0n) is 18.7. The van der Waals surface area contributed by atoms with Crippen molar-refractivity contribution in [3.05, 3.63) is 101 Å². The number of carbonyl (C=O) groups is 2. The topological polar surface area (TPSA) is 76.0 Å². The molecule has 0 amide bonds. The molecule has 1 atom stereocenters. The van der Waals surface area contributed by atoms with E-state index in [0.717, 1.165) is 23.1 Å². The number of aliphatic imine (C=N–C) groups is 1. The van der Waals surface area contributed by atoms with E-state index in [9.17, 15) is 14.7 Å². The molecular formula is C28H24ClNO4. The van der Waals surface area contributed by atoms with Crippen LogP contribution in [0, 0.1) is 0 Å². The van der Waals surface area contributed by atoms with Crippen LogP contribution in [0.15, 0.2) is 83.9 Å². The average molecular weight is 474 g/mol. The molecule has 0 fully saturated rings. The number of ether oxygens (including phenoxy) is 1. The van der Waals surface area contributed by atoms with Crippen molar-refractivity contribution in [2.45, 2.75) is 25.3 Å². The van der Waals surface area contributed by atoms with Crippen molar-refractivity contribution in [3.8, 4) is 16.9 Å². The molecule has 6 heteroatoms. The molecule has 34 heavy (non-hydrogen) atoms. The van der Waals surface area contributed by atoms with Crippen LogP contribution in [0.1, 0.15) is 39.6 Å². The van der Waals surface area contributed by atoms with Crippen LogP contribution in [-0.2, 0) is 6.42 Å². The summed E-state index contributed by atoms with van der Waals surface area (Å²) in [5.41, 5.74) is 2.06. The molecule has 1 N–H and O–H groups in total. The molecule has 3 aromatic rings. The highest BCUT2D eigenvalue weighted by molar-refractivity contribution is 6.34. The fourth-order valence-electron chi connectivity index (χ4n) is 3.97. The third-order valence-electron chi connectivity index (χ3n) is 5.66. The van der Waals surface area contributed by atoms with E-state index in [2.05, 4.69) is 4.99 Å². The molecule has 0 bridgehead atoms. The molecule has 0 spiro atoms. The Hall–Kier alpha value is -3.70. The second-order valence-electron chi connectivity index (χ2n) is 8.14. The summed E-state index contributed by atoms with van der Waals surface area (Å²) in [6.45, 7) is 2.60. The molecule has 1 aliphatic rings. The van der Waals surface area contributed by atoms with E-state index in [0.29, 0.717) is 29.4 Å². The molecule has 4 rings (SSSR count). The molecule has 1 aliphatic heterocycles. The molecule has 0 radical (unpaired) electrons. The van der Waals surface area contributed by atoms with Gasteiger partial charge < -0.3 is 9.84 Å². The van der Waals surface area contributed by atoms with Gasteiger partial charge in [-0.25, -0.2) is 4.79 Å². The smallest absolute Gasteiger partial charge is 0.335 e. The lowest BCUT2D eigenvalue weighted by molar-refractivity contribution is 0.0696. The molecule has 3 aromatic carbocycles. The zero-order valence-corrected chi connectivity index (χ0v) is 19.5. The first kappa shape index (κ1) is 23.5. The Bertz CT molecular complexity index is 1280. The third kappa shape index (κ3) is 4.95. The molecule has 5 nitrogen and oxygen atoms in total. The highest BCUT2D eigenvalue weighted by Crippen LogP contribution is 2.33. The number of rotatable bonds is 9. The minimum absolute atomic E-state index is 0.192. The number of ketones is 1. The quantitative estimate of drug-likeness (QED) is 0.370. The summed E-state index contributed by atoms with van der Waals surface area (Å²) in [5.74, 6) is -0.544. The number of carboxylic acid groups (broad SMARTS) is 1. The van der Waals surface area contributed by atoms with Gasteiger partial charge in [0.05, 0.1) is 17.2 Å². The van der Waals surface area contributed by atoms with Crippen LogP contribution in [0.25, 0.3) is 11.1 Å². The summed E-state index contributed by atoms with van der Waals surface area (Å²) >= 11 is 6.47. The lowest BCUT2D eigenvalue weighted by Crippen LogP contribution is -2.36. The van der Waals surface area contributed by atoms with Gasteiger partial charge in [0.1, 0.15) is 11.3 Å². The SMILES string of the molecule is CCCOc1ccc(C(=O)C2(Cc3cccc(-c4cccc(C(=O)O)c4)c3)C=CC=N2)c(Cl)c1. The predicted octanol–water partition coefficient (Wildman–Crippen LogP) is 6.30. The number of hydrogen-bond acceptors (Lipinski definition) is 4. The maximum Gasteiger partial charge on any atom is 0.335 e. The summed E-state index contributed by atoms with van der Waals surface area (Å²) in [4.78, 5) is 29.5. The van der Waals surface area contributed by atoms with Gasteiger partial charge in [0, 0.05) is 18.2 Å². The Morgan fingerprint density at radius 1 is 1.03 bits per heavy atom. The molecule has 1 unspecified atom stereocenters. The van der Waals surface area contributed by atoms with Crippen LogP contribution in [0.5, 0.6) is 5.75 Å². The highest BCUT2D eigenvalue weighted by Gasteiger charge is 2.38. The van der Waals surface area contributed by atoms with Crippen molar-refractivity contribution in [1.29, 1.82) is 0 Å². The highest BCUT2D eigenvalue weighted by atomic mass is 35.5. The van der Waals surface area contributed by atoms with E-state index >= 15 is 0 Å². The van der Waals surface area contributed by atoms with Crippen LogP contribution >= 0.6 is 11.6 Å². The maximum atomic E-state index is 13.6. The predicted molar refractivity (Wildman–Crippen MR) is 134 cm³/mol. The molecule has 172 valence electrons. The Morgan fingerprint density at radius 3 is 2.47 bits per heavy atom. The van der Waals surface area contributed by atoms with Gasteiger partial charge in [-0.15, -0.1) is 0 Å². The van der Waals surface area contributed by atoms with E-state index < -0.39 is 11.5 Å².